The molecule has 0 unspecified atom stereocenters. The van der Waals surface area contributed by atoms with E-state index >= 15 is 0 Å². The van der Waals surface area contributed by atoms with Crippen LogP contribution in [0.1, 0.15) is 11.1 Å². The molecule has 0 spiro atoms. The number of anilines is 1. The van der Waals surface area contributed by atoms with Crippen LogP contribution in [0.2, 0.25) is 5.02 Å². The van der Waals surface area contributed by atoms with Gasteiger partial charge in [-0.1, -0.05) is 35.9 Å². The smallest absolute Gasteiger partial charge is 0.292 e. The van der Waals surface area contributed by atoms with E-state index in [1.165, 1.54) is 6.20 Å². The highest BCUT2D eigenvalue weighted by Gasteiger charge is 2.23. The Labute approximate surface area is 146 Å². The fraction of sp³-hybridized carbons (Fsp3) is 0.111. The molecular weight excluding hydrogens is 348 g/mol. The second-order valence-electron chi connectivity index (χ2n) is 5.78. The van der Waals surface area contributed by atoms with Gasteiger partial charge in [-0.2, -0.15) is 9.78 Å². The molecule has 0 atom stereocenters. The second-order valence-corrected chi connectivity index (χ2v) is 6.16. The number of halogens is 3. The zero-order chi connectivity index (χ0) is 17.6. The highest BCUT2D eigenvalue weighted by molar-refractivity contribution is 6.33. The van der Waals surface area contributed by atoms with E-state index in [-0.39, 0.29) is 10.7 Å². The van der Waals surface area contributed by atoms with Gasteiger partial charge in [0.2, 0.25) is 0 Å². The van der Waals surface area contributed by atoms with Crippen LogP contribution in [0.4, 0.5) is 14.5 Å². The maximum Gasteiger partial charge on any atom is 0.292 e. The molecule has 0 radical (unpaired) electrons. The Morgan fingerprint density at radius 2 is 1.68 bits per heavy atom. The minimum Gasteiger partial charge on any atom is -0.360 e. The fourth-order valence-electron chi connectivity index (χ4n) is 2.97. The lowest BCUT2D eigenvalue weighted by Gasteiger charge is -2.19. The van der Waals surface area contributed by atoms with Crippen molar-refractivity contribution in [1.29, 1.82) is 0 Å². The van der Waals surface area contributed by atoms with Gasteiger partial charge in [0, 0.05) is 19.2 Å². The number of hydrogen-bond acceptors (Lipinski definition) is 3. The summed E-state index contributed by atoms with van der Waals surface area (Å²) in [5, 5.41) is 3.97. The SMILES string of the molecule is O=c1c(Cl)c(N2Cc3ccccc3C2)cnn1-c1ccc(F)cc1F. The Morgan fingerprint density at radius 1 is 1.00 bits per heavy atom. The summed E-state index contributed by atoms with van der Waals surface area (Å²) in [6.07, 6.45) is 1.43. The van der Waals surface area contributed by atoms with Crippen LogP contribution in [-0.2, 0) is 13.1 Å². The lowest BCUT2D eigenvalue weighted by molar-refractivity contribution is 0.570. The van der Waals surface area contributed by atoms with Crippen molar-refractivity contribution in [2.75, 3.05) is 4.90 Å². The largest absolute Gasteiger partial charge is 0.360 e. The Balaban J connectivity index is 1.74. The third kappa shape index (κ3) is 2.68. The van der Waals surface area contributed by atoms with Crippen LogP contribution >= 0.6 is 11.6 Å². The minimum atomic E-state index is -0.882. The van der Waals surface area contributed by atoms with E-state index in [4.69, 9.17) is 11.6 Å². The molecule has 4 rings (SSSR count). The standard InChI is InChI=1S/C18H12ClF2N3O/c19-17-16(23-9-11-3-1-2-4-12(11)10-23)8-22-24(18(17)25)15-6-5-13(20)7-14(15)21/h1-8H,9-10H2. The number of hydrogen-bond donors (Lipinski definition) is 0. The zero-order valence-corrected chi connectivity index (χ0v) is 13.7. The number of benzene rings is 2. The molecule has 126 valence electrons. The summed E-state index contributed by atoms with van der Waals surface area (Å²) in [6, 6.07) is 10.9. The van der Waals surface area contributed by atoms with E-state index in [0.717, 1.165) is 27.9 Å². The molecule has 1 aliphatic rings. The highest BCUT2D eigenvalue weighted by Crippen LogP contribution is 2.31. The van der Waals surface area contributed by atoms with Crippen molar-refractivity contribution in [2.24, 2.45) is 0 Å². The monoisotopic (exact) mass is 359 g/mol. The topological polar surface area (TPSA) is 38.1 Å². The molecule has 0 aliphatic carbocycles. The number of rotatable bonds is 2. The van der Waals surface area contributed by atoms with Crippen LogP contribution in [0.5, 0.6) is 0 Å². The summed E-state index contributed by atoms with van der Waals surface area (Å²) < 4.78 is 27.8. The molecule has 0 N–H and O–H groups in total. The van der Waals surface area contributed by atoms with Crippen molar-refractivity contribution < 1.29 is 8.78 Å². The summed E-state index contributed by atoms with van der Waals surface area (Å²) in [5.41, 5.74) is 2.01. The first kappa shape index (κ1) is 15.8. The van der Waals surface area contributed by atoms with Crippen LogP contribution in [0, 0.1) is 11.6 Å². The molecule has 0 saturated carbocycles. The van der Waals surface area contributed by atoms with Gasteiger partial charge in [-0.25, -0.2) is 8.78 Å². The lowest BCUT2D eigenvalue weighted by atomic mass is 10.1. The number of aromatic nitrogens is 2. The van der Waals surface area contributed by atoms with Crippen LogP contribution in [0.25, 0.3) is 5.69 Å². The molecule has 7 heteroatoms. The molecule has 2 aromatic carbocycles. The van der Waals surface area contributed by atoms with Crippen molar-refractivity contribution in [3.63, 3.8) is 0 Å². The van der Waals surface area contributed by atoms with Crippen molar-refractivity contribution in [2.45, 2.75) is 13.1 Å². The number of nitrogens with zero attached hydrogens (tertiary/aromatic N) is 3. The zero-order valence-electron chi connectivity index (χ0n) is 12.9. The summed E-state index contributed by atoms with van der Waals surface area (Å²) in [4.78, 5) is 14.5. The predicted octanol–water partition coefficient (Wildman–Crippen LogP) is 3.68. The van der Waals surface area contributed by atoms with Gasteiger partial charge in [0.15, 0.2) is 5.82 Å². The van der Waals surface area contributed by atoms with E-state index in [1.807, 2.05) is 29.2 Å². The third-order valence-corrected chi connectivity index (χ3v) is 4.58. The normalized spacial score (nSPS) is 13.2. The first-order valence-corrected chi connectivity index (χ1v) is 7.97. The Kier molecular flexibility index (Phi) is 3.77. The van der Waals surface area contributed by atoms with Gasteiger partial charge >= 0.3 is 0 Å². The van der Waals surface area contributed by atoms with Gasteiger partial charge in [-0.05, 0) is 23.3 Å². The van der Waals surface area contributed by atoms with E-state index in [9.17, 15) is 13.6 Å². The predicted molar refractivity (Wildman–Crippen MR) is 91.1 cm³/mol. The molecule has 25 heavy (non-hydrogen) atoms. The molecule has 0 amide bonds. The van der Waals surface area contributed by atoms with Gasteiger partial charge in [0.25, 0.3) is 5.56 Å². The maximum atomic E-state index is 13.9. The quantitative estimate of drug-likeness (QED) is 0.700. The third-order valence-electron chi connectivity index (χ3n) is 4.22. The average Bonchev–Trinajstić information content (AvgIpc) is 3.02. The van der Waals surface area contributed by atoms with E-state index < -0.39 is 17.2 Å². The molecule has 0 bridgehead atoms. The molecular formula is C18H12ClF2N3O. The van der Waals surface area contributed by atoms with Crippen LogP contribution in [0.15, 0.2) is 53.5 Å². The molecule has 4 nitrogen and oxygen atoms in total. The average molecular weight is 360 g/mol. The summed E-state index contributed by atoms with van der Waals surface area (Å²) >= 11 is 6.24. The van der Waals surface area contributed by atoms with Gasteiger partial charge in [0.05, 0.1) is 11.9 Å². The van der Waals surface area contributed by atoms with Crippen LogP contribution in [0.3, 0.4) is 0 Å². The van der Waals surface area contributed by atoms with Gasteiger partial charge < -0.3 is 4.90 Å². The van der Waals surface area contributed by atoms with Gasteiger partial charge in [-0.3, -0.25) is 4.79 Å². The molecule has 0 fully saturated rings. The van der Waals surface area contributed by atoms with E-state index in [0.29, 0.717) is 24.8 Å². The first-order chi connectivity index (χ1) is 12.0. The lowest BCUT2D eigenvalue weighted by Crippen LogP contribution is -2.26. The number of fused-ring (bicyclic) bond motifs is 1. The molecule has 3 aromatic rings. The maximum absolute atomic E-state index is 13.9. The van der Waals surface area contributed by atoms with Crippen molar-refractivity contribution in [1.82, 2.24) is 9.78 Å². The van der Waals surface area contributed by atoms with Crippen LogP contribution < -0.4 is 10.5 Å². The van der Waals surface area contributed by atoms with E-state index in [2.05, 4.69) is 5.10 Å². The Morgan fingerprint density at radius 3 is 2.32 bits per heavy atom. The first-order valence-electron chi connectivity index (χ1n) is 7.59. The summed E-state index contributed by atoms with van der Waals surface area (Å²) in [6.45, 7) is 1.23. The van der Waals surface area contributed by atoms with Crippen molar-refractivity contribution in [3.05, 3.63) is 86.8 Å². The van der Waals surface area contributed by atoms with E-state index in [1.54, 1.807) is 0 Å². The minimum absolute atomic E-state index is 0.0495. The molecule has 1 aliphatic heterocycles. The Hall–Kier alpha value is -2.73. The molecule has 0 saturated heterocycles. The molecule has 1 aromatic heterocycles. The highest BCUT2D eigenvalue weighted by atomic mass is 35.5. The summed E-state index contributed by atoms with van der Waals surface area (Å²) in [7, 11) is 0. The summed E-state index contributed by atoms with van der Waals surface area (Å²) in [5.74, 6) is -1.61. The van der Waals surface area contributed by atoms with Crippen LogP contribution in [-0.4, -0.2) is 9.78 Å². The fourth-order valence-corrected chi connectivity index (χ4v) is 3.22. The Bertz CT molecular complexity index is 1010. The van der Waals surface area contributed by atoms with Crippen molar-refractivity contribution >= 4 is 17.3 Å². The van der Waals surface area contributed by atoms with Gasteiger partial charge in [-0.15, -0.1) is 0 Å². The van der Waals surface area contributed by atoms with Gasteiger partial charge in [0.1, 0.15) is 16.5 Å². The molecule has 2 heterocycles. The second kappa shape index (κ2) is 5.97. The van der Waals surface area contributed by atoms with Crippen molar-refractivity contribution in [3.8, 4) is 5.69 Å².